The van der Waals surface area contributed by atoms with Crippen LogP contribution < -0.4 is 10.1 Å². The molecule has 0 aliphatic heterocycles. The SMILES string of the molecule is COc1ccc(CNCCc2nc(C)cs2)cc1Cl. The minimum Gasteiger partial charge on any atom is -0.495 e. The van der Waals surface area contributed by atoms with Crippen molar-refractivity contribution in [1.82, 2.24) is 10.3 Å². The molecule has 2 rings (SSSR count). The van der Waals surface area contributed by atoms with E-state index in [9.17, 15) is 0 Å². The minimum absolute atomic E-state index is 0.650. The molecule has 0 unspecified atom stereocenters. The lowest BCUT2D eigenvalue weighted by Crippen LogP contribution is -2.16. The smallest absolute Gasteiger partial charge is 0.137 e. The average Bonchev–Trinajstić information content (AvgIpc) is 2.81. The zero-order valence-corrected chi connectivity index (χ0v) is 12.6. The largest absolute Gasteiger partial charge is 0.495 e. The predicted octanol–water partition coefficient (Wildman–Crippen LogP) is 3.45. The molecule has 3 nitrogen and oxygen atoms in total. The molecular formula is C14H17ClN2OS. The number of halogens is 1. The van der Waals surface area contributed by atoms with Crippen LogP contribution in [0.1, 0.15) is 16.3 Å². The Labute approximate surface area is 122 Å². The predicted molar refractivity (Wildman–Crippen MR) is 80.3 cm³/mol. The van der Waals surface area contributed by atoms with E-state index in [0.717, 1.165) is 30.8 Å². The van der Waals surface area contributed by atoms with Crippen LogP contribution >= 0.6 is 22.9 Å². The fraction of sp³-hybridized carbons (Fsp3) is 0.357. The molecule has 1 aromatic carbocycles. The monoisotopic (exact) mass is 296 g/mol. The van der Waals surface area contributed by atoms with Gasteiger partial charge in [0.05, 0.1) is 17.1 Å². The zero-order chi connectivity index (χ0) is 13.7. The molecule has 2 aromatic rings. The number of thiazole rings is 1. The molecule has 0 fully saturated rings. The van der Waals surface area contributed by atoms with Gasteiger partial charge in [0, 0.05) is 30.6 Å². The molecule has 0 aliphatic rings. The third kappa shape index (κ3) is 4.20. The number of nitrogens with zero attached hydrogens (tertiary/aromatic N) is 1. The first-order valence-corrected chi connectivity index (χ1v) is 7.39. The van der Waals surface area contributed by atoms with Crippen molar-refractivity contribution in [2.24, 2.45) is 0 Å². The lowest BCUT2D eigenvalue weighted by Gasteiger charge is -2.07. The number of aryl methyl sites for hydroxylation is 1. The molecule has 0 bridgehead atoms. The summed E-state index contributed by atoms with van der Waals surface area (Å²) in [5.74, 6) is 0.712. The maximum atomic E-state index is 6.08. The Morgan fingerprint density at radius 2 is 2.26 bits per heavy atom. The maximum Gasteiger partial charge on any atom is 0.137 e. The first-order chi connectivity index (χ1) is 9.19. The standard InChI is InChI=1S/C14H17ClN2OS/c1-10-9-19-14(17-10)5-6-16-8-11-3-4-13(18-2)12(15)7-11/h3-4,7,9,16H,5-6,8H2,1-2H3. The molecule has 0 radical (unpaired) electrons. The molecule has 19 heavy (non-hydrogen) atoms. The molecule has 102 valence electrons. The Bertz CT molecular complexity index is 542. The number of hydrogen-bond donors (Lipinski definition) is 1. The van der Waals surface area contributed by atoms with Crippen LogP contribution in [0.25, 0.3) is 0 Å². The number of methoxy groups -OCH3 is 1. The van der Waals surface area contributed by atoms with Gasteiger partial charge in [0.2, 0.25) is 0 Å². The molecule has 1 heterocycles. The van der Waals surface area contributed by atoms with E-state index in [2.05, 4.69) is 15.7 Å². The van der Waals surface area contributed by atoms with Gasteiger partial charge in [-0.3, -0.25) is 0 Å². The van der Waals surface area contributed by atoms with Gasteiger partial charge in [-0.05, 0) is 24.6 Å². The number of hydrogen-bond acceptors (Lipinski definition) is 4. The number of rotatable bonds is 6. The van der Waals surface area contributed by atoms with Crippen molar-refractivity contribution in [2.75, 3.05) is 13.7 Å². The van der Waals surface area contributed by atoms with E-state index < -0.39 is 0 Å². The molecule has 0 saturated carbocycles. The van der Waals surface area contributed by atoms with Gasteiger partial charge in [0.15, 0.2) is 0 Å². The van der Waals surface area contributed by atoms with E-state index in [0.29, 0.717) is 10.8 Å². The normalized spacial score (nSPS) is 10.7. The second kappa shape index (κ2) is 6.89. The number of ether oxygens (including phenoxy) is 1. The van der Waals surface area contributed by atoms with Gasteiger partial charge < -0.3 is 10.1 Å². The summed E-state index contributed by atoms with van der Waals surface area (Å²) in [4.78, 5) is 4.43. The highest BCUT2D eigenvalue weighted by Crippen LogP contribution is 2.24. The van der Waals surface area contributed by atoms with Crippen LogP contribution in [0, 0.1) is 6.92 Å². The van der Waals surface area contributed by atoms with E-state index in [1.807, 2.05) is 25.1 Å². The zero-order valence-electron chi connectivity index (χ0n) is 11.1. The highest BCUT2D eigenvalue weighted by atomic mass is 35.5. The lowest BCUT2D eigenvalue weighted by molar-refractivity contribution is 0.415. The first-order valence-electron chi connectivity index (χ1n) is 6.13. The molecule has 1 aromatic heterocycles. The van der Waals surface area contributed by atoms with Gasteiger partial charge in [-0.1, -0.05) is 17.7 Å². The summed E-state index contributed by atoms with van der Waals surface area (Å²) in [6.07, 6.45) is 0.961. The maximum absolute atomic E-state index is 6.08. The first kappa shape index (κ1) is 14.3. The summed E-state index contributed by atoms with van der Waals surface area (Å²) < 4.78 is 5.13. The van der Waals surface area contributed by atoms with E-state index in [4.69, 9.17) is 16.3 Å². The fourth-order valence-electron chi connectivity index (χ4n) is 1.77. The van der Waals surface area contributed by atoms with Crippen molar-refractivity contribution in [3.8, 4) is 5.75 Å². The molecule has 1 N–H and O–H groups in total. The summed E-state index contributed by atoms with van der Waals surface area (Å²) in [5.41, 5.74) is 2.25. The van der Waals surface area contributed by atoms with Gasteiger partial charge >= 0.3 is 0 Å². The van der Waals surface area contributed by atoms with Gasteiger partial charge in [-0.25, -0.2) is 4.98 Å². The number of nitrogens with one attached hydrogen (secondary N) is 1. The Hall–Kier alpha value is -1.10. The fourth-order valence-corrected chi connectivity index (χ4v) is 2.82. The van der Waals surface area contributed by atoms with Crippen LogP contribution in [0.15, 0.2) is 23.6 Å². The Morgan fingerprint density at radius 1 is 1.42 bits per heavy atom. The van der Waals surface area contributed by atoms with E-state index in [1.165, 1.54) is 5.01 Å². The van der Waals surface area contributed by atoms with Crippen molar-refractivity contribution in [3.63, 3.8) is 0 Å². The van der Waals surface area contributed by atoms with Crippen LogP contribution in [0.3, 0.4) is 0 Å². The van der Waals surface area contributed by atoms with E-state index in [-0.39, 0.29) is 0 Å². The molecule has 0 saturated heterocycles. The molecule has 0 spiro atoms. The quantitative estimate of drug-likeness (QED) is 0.829. The van der Waals surface area contributed by atoms with Crippen LogP contribution in [-0.4, -0.2) is 18.6 Å². The Balaban J connectivity index is 1.78. The topological polar surface area (TPSA) is 34.1 Å². The third-order valence-electron chi connectivity index (χ3n) is 2.73. The van der Waals surface area contributed by atoms with Crippen LogP contribution in [0.4, 0.5) is 0 Å². The summed E-state index contributed by atoms with van der Waals surface area (Å²) in [6, 6.07) is 5.84. The summed E-state index contributed by atoms with van der Waals surface area (Å²) in [7, 11) is 1.62. The van der Waals surface area contributed by atoms with Crippen LogP contribution in [0.2, 0.25) is 5.02 Å². The van der Waals surface area contributed by atoms with Gasteiger partial charge in [0.25, 0.3) is 0 Å². The van der Waals surface area contributed by atoms with Crippen LogP contribution in [0.5, 0.6) is 5.75 Å². The van der Waals surface area contributed by atoms with Gasteiger partial charge in [0.1, 0.15) is 5.75 Å². The third-order valence-corrected chi connectivity index (χ3v) is 4.05. The van der Waals surface area contributed by atoms with Gasteiger partial charge in [-0.2, -0.15) is 0 Å². The van der Waals surface area contributed by atoms with Crippen molar-refractivity contribution >= 4 is 22.9 Å². The highest BCUT2D eigenvalue weighted by Gasteiger charge is 2.02. The number of aromatic nitrogens is 1. The lowest BCUT2D eigenvalue weighted by atomic mass is 10.2. The van der Waals surface area contributed by atoms with Gasteiger partial charge in [-0.15, -0.1) is 11.3 Å². The average molecular weight is 297 g/mol. The van der Waals surface area contributed by atoms with Crippen molar-refractivity contribution in [3.05, 3.63) is 44.9 Å². The molecule has 0 aliphatic carbocycles. The molecule has 0 atom stereocenters. The van der Waals surface area contributed by atoms with E-state index >= 15 is 0 Å². The number of benzene rings is 1. The summed E-state index contributed by atoms with van der Waals surface area (Å²) in [5, 5.41) is 7.30. The minimum atomic E-state index is 0.650. The Morgan fingerprint density at radius 3 is 2.89 bits per heavy atom. The highest BCUT2D eigenvalue weighted by molar-refractivity contribution is 7.09. The van der Waals surface area contributed by atoms with Crippen molar-refractivity contribution in [1.29, 1.82) is 0 Å². The van der Waals surface area contributed by atoms with Crippen molar-refractivity contribution in [2.45, 2.75) is 19.9 Å². The molecule has 5 heteroatoms. The second-order valence-electron chi connectivity index (χ2n) is 4.28. The van der Waals surface area contributed by atoms with E-state index in [1.54, 1.807) is 18.4 Å². The molecular weight excluding hydrogens is 280 g/mol. The summed E-state index contributed by atoms with van der Waals surface area (Å²) >= 11 is 7.79. The van der Waals surface area contributed by atoms with Crippen LogP contribution in [-0.2, 0) is 13.0 Å². The molecule has 0 amide bonds. The summed E-state index contributed by atoms with van der Waals surface area (Å²) in [6.45, 7) is 3.73. The van der Waals surface area contributed by atoms with Crippen molar-refractivity contribution < 1.29 is 4.74 Å². The second-order valence-corrected chi connectivity index (χ2v) is 5.63. The Kier molecular flexibility index (Phi) is 5.19.